The van der Waals surface area contributed by atoms with Crippen LogP contribution in [0.15, 0.2) is 12.4 Å². The van der Waals surface area contributed by atoms with E-state index in [2.05, 4.69) is 34.4 Å². The first-order valence-corrected chi connectivity index (χ1v) is 6.53. The summed E-state index contributed by atoms with van der Waals surface area (Å²) in [6.07, 6.45) is 8.58. The molecule has 4 nitrogen and oxygen atoms in total. The molecular weight excluding hydrogens is 212 g/mol. The molecule has 1 aromatic heterocycles. The van der Waals surface area contributed by atoms with Crippen molar-refractivity contribution in [3.63, 3.8) is 0 Å². The fourth-order valence-corrected chi connectivity index (χ4v) is 1.76. The third-order valence-corrected chi connectivity index (χ3v) is 3.01. The highest BCUT2D eigenvalue weighted by molar-refractivity contribution is 5.40. The quantitative estimate of drug-likeness (QED) is 0.728. The van der Waals surface area contributed by atoms with Crippen LogP contribution < -0.4 is 10.6 Å². The van der Waals surface area contributed by atoms with Gasteiger partial charge in [-0.15, -0.1) is 0 Å². The summed E-state index contributed by atoms with van der Waals surface area (Å²) in [6, 6.07) is 0. The summed E-state index contributed by atoms with van der Waals surface area (Å²) in [4.78, 5) is 8.53. The van der Waals surface area contributed by atoms with E-state index in [-0.39, 0.29) is 0 Å². The second-order valence-electron chi connectivity index (χ2n) is 4.34. The van der Waals surface area contributed by atoms with Crippen LogP contribution in [0.5, 0.6) is 0 Å². The molecule has 0 radical (unpaired) electrons. The maximum absolute atomic E-state index is 4.39. The monoisotopic (exact) mass is 236 g/mol. The van der Waals surface area contributed by atoms with Crippen molar-refractivity contribution < 1.29 is 0 Å². The van der Waals surface area contributed by atoms with Gasteiger partial charge in [0.2, 0.25) is 0 Å². The van der Waals surface area contributed by atoms with Crippen LogP contribution in [0.3, 0.4) is 0 Å². The van der Waals surface area contributed by atoms with E-state index in [4.69, 9.17) is 0 Å². The number of aromatic nitrogens is 2. The van der Waals surface area contributed by atoms with Gasteiger partial charge in [-0.2, -0.15) is 0 Å². The standard InChI is InChI=1S/C13H24N4/c1-4-6-7-11(5-2)8-16-13-10-15-9-12(14-3)17-13/h9-11H,4-8H2,1-3H3,(H2,14,16,17). The zero-order valence-corrected chi connectivity index (χ0v) is 11.2. The normalized spacial score (nSPS) is 12.2. The highest BCUT2D eigenvalue weighted by atomic mass is 15.1. The topological polar surface area (TPSA) is 49.8 Å². The third-order valence-electron chi connectivity index (χ3n) is 3.01. The zero-order chi connectivity index (χ0) is 12.5. The molecule has 0 aliphatic heterocycles. The van der Waals surface area contributed by atoms with Gasteiger partial charge in [-0.05, 0) is 12.3 Å². The first kappa shape index (κ1) is 13.7. The van der Waals surface area contributed by atoms with Crippen molar-refractivity contribution in [1.29, 1.82) is 0 Å². The molecule has 96 valence electrons. The molecule has 4 heteroatoms. The third kappa shape index (κ3) is 5.02. The minimum atomic E-state index is 0.731. The second-order valence-corrected chi connectivity index (χ2v) is 4.34. The fourth-order valence-electron chi connectivity index (χ4n) is 1.76. The van der Waals surface area contributed by atoms with Gasteiger partial charge in [-0.25, -0.2) is 4.98 Å². The van der Waals surface area contributed by atoms with E-state index >= 15 is 0 Å². The molecule has 0 spiro atoms. The van der Waals surface area contributed by atoms with Crippen molar-refractivity contribution in [2.24, 2.45) is 5.92 Å². The summed E-state index contributed by atoms with van der Waals surface area (Å²) in [6.45, 7) is 5.47. The first-order chi connectivity index (χ1) is 8.30. The van der Waals surface area contributed by atoms with E-state index in [1.54, 1.807) is 12.4 Å². The Morgan fingerprint density at radius 1 is 1.24 bits per heavy atom. The molecule has 0 aliphatic rings. The van der Waals surface area contributed by atoms with E-state index in [0.29, 0.717) is 0 Å². The Morgan fingerprint density at radius 2 is 2.00 bits per heavy atom. The number of anilines is 2. The van der Waals surface area contributed by atoms with Crippen LogP contribution in [0.4, 0.5) is 11.6 Å². The second kappa shape index (κ2) is 7.87. The lowest BCUT2D eigenvalue weighted by atomic mass is 9.99. The largest absolute Gasteiger partial charge is 0.372 e. The van der Waals surface area contributed by atoms with E-state index in [1.165, 1.54) is 25.7 Å². The van der Waals surface area contributed by atoms with Gasteiger partial charge in [0, 0.05) is 13.6 Å². The molecule has 0 fully saturated rings. The minimum Gasteiger partial charge on any atom is -0.372 e. The van der Waals surface area contributed by atoms with Crippen molar-refractivity contribution in [1.82, 2.24) is 9.97 Å². The predicted molar refractivity (Wildman–Crippen MR) is 73.4 cm³/mol. The molecular formula is C13H24N4. The predicted octanol–water partition coefficient (Wildman–Crippen LogP) is 3.15. The number of hydrogen-bond acceptors (Lipinski definition) is 4. The average Bonchev–Trinajstić information content (AvgIpc) is 2.39. The van der Waals surface area contributed by atoms with Gasteiger partial charge in [0.15, 0.2) is 0 Å². The van der Waals surface area contributed by atoms with Gasteiger partial charge >= 0.3 is 0 Å². The Bertz CT molecular complexity index is 314. The molecule has 1 aromatic rings. The Morgan fingerprint density at radius 3 is 2.65 bits per heavy atom. The SMILES string of the molecule is CCCCC(CC)CNc1cncc(NC)n1. The van der Waals surface area contributed by atoms with Crippen LogP contribution in [0.25, 0.3) is 0 Å². The van der Waals surface area contributed by atoms with Crippen LogP contribution in [0, 0.1) is 5.92 Å². The molecule has 1 rings (SSSR count). The maximum atomic E-state index is 4.39. The summed E-state index contributed by atoms with van der Waals surface area (Å²) in [5, 5.41) is 6.36. The van der Waals surface area contributed by atoms with Gasteiger partial charge < -0.3 is 10.6 Å². The maximum Gasteiger partial charge on any atom is 0.146 e. The van der Waals surface area contributed by atoms with E-state index < -0.39 is 0 Å². The van der Waals surface area contributed by atoms with Crippen molar-refractivity contribution in [2.75, 3.05) is 24.2 Å². The molecule has 0 aliphatic carbocycles. The number of nitrogens with one attached hydrogen (secondary N) is 2. The van der Waals surface area contributed by atoms with Crippen molar-refractivity contribution in [2.45, 2.75) is 39.5 Å². The molecule has 0 saturated heterocycles. The molecule has 1 atom stereocenters. The lowest BCUT2D eigenvalue weighted by molar-refractivity contribution is 0.472. The highest BCUT2D eigenvalue weighted by Crippen LogP contribution is 2.14. The first-order valence-electron chi connectivity index (χ1n) is 6.53. The summed E-state index contributed by atoms with van der Waals surface area (Å²) >= 11 is 0. The number of unbranched alkanes of at least 4 members (excludes halogenated alkanes) is 1. The summed E-state index contributed by atoms with van der Waals surface area (Å²) in [7, 11) is 1.85. The molecule has 1 heterocycles. The van der Waals surface area contributed by atoms with Gasteiger partial charge in [0.05, 0.1) is 12.4 Å². The number of hydrogen-bond donors (Lipinski definition) is 2. The summed E-state index contributed by atoms with van der Waals surface area (Å²) < 4.78 is 0. The Balaban J connectivity index is 2.41. The van der Waals surface area contributed by atoms with Gasteiger partial charge in [-0.1, -0.05) is 33.1 Å². The van der Waals surface area contributed by atoms with Crippen LogP contribution in [0.2, 0.25) is 0 Å². The summed E-state index contributed by atoms with van der Waals surface area (Å²) in [5.74, 6) is 2.39. The Kier molecular flexibility index (Phi) is 6.37. The van der Waals surface area contributed by atoms with E-state index in [9.17, 15) is 0 Å². The van der Waals surface area contributed by atoms with Crippen molar-refractivity contribution >= 4 is 11.6 Å². The smallest absolute Gasteiger partial charge is 0.146 e. The average molecular weight is 236 g/mol. The lowest BCUT2D eigenvalue weighted by Gasteiger charge is -2.15. The van der Waals surface area contributed by atoms with Crippen LogP contribution in [-0.4, -0.2) is 23.6 Å². The van der Waals surface area contributed by atoms with E-state index in [0.717, 1.165) is 24.1 Å². The molecule has 17 heavy (non-hydrogen) atoms. The van der Waals surface area contributed by atoms with Crippen LogP contribution >= 0.6 is 0 Å². The number of nitrogens with zero attached hydrogens (tertiary/aromatic N) is 2. The molecule has 0 bridgehead atoms. The van der Waals surface area contributed by atoms with Crippen LogP contribution in [-0.2, 0) is 0 Å². The minimum absolute atomic E-state index is 0.731. The molecule has 2 N–H and O–H groups in total. The van der Waals surface area contributed by atoms with Crippen molar-refractivity contribution in [3.05, 3.63) is 12.4 Å². The molecule has 1 unspecified atom stereocenters. The van der Waals surface area contributed by atoms with E-state index in [1.807, 2.05) is 7.05 Å². The molecule has 0 saturated carbocycles. The zero-order valence-electron chi connectivity index (χ0n) is 11.2. The summed E-state index contributed by atoms with van der Waals surface area (Å²) in [5.41, 5.74) is 0. The fraction of sp³-hybridized carbons (Fsp3) is 0.692. The molecule has 0 amide bonds. The van der Waals surface area contributed by atoms with Gasteiger partial charge in [0.25, 0.3) is 0 Å². The van der Waals surface area contributed by atoms with Crippen molar-refractivity contribution in [3.8, 4) is 0 Å². The highest BCUT2D eigenvalue weighted by Gasteiger charge is 2.06. The lowest BCUT2D eigenvalue weighted by Crippen LogP contribution is -2.14. The van der Waals surface area contributed by atoms with Gasteiger partial charge in [0.1, 0.15) is 11.6 Å². The number of rotatable bonds is 8. The Hall–Kier alpha value is -1.32. The van der Waals surface area contributed by atoms with Crippen LogP contribution in [0.1, 0.15) is 39.5 Å². The van der Waals surface area contributed by atoms with Gasteiger partial charge in [-0.3, -0.25) is 4.98 Å². The Labute approximate surface area is 104 Å². The molecule has 0 aromatic carbocycles.